The molecule has 1 aromatic heterocycles. The van der Waals surface area contributed by atoms with Gasteiger partial charge in [-0.25, -0.2) is 4.39 Å². The van der Waals surface area contributed by atoms with Crippen molar-refractivity contribution in [2.75, 3.05) is 18.0 Å². The summed E-state index contributed by atoms with van der Waals surface area (Å²) in [5.74, 6) is -0.358. The van der Waals surface area contributed by atoms with Crippen molar-refractivity contribution in [3.05, 3.63) is 54.1 Å². The van der Waals surface area contributed by atoms with Gasteiger partial charge in [0.05, 0.1) is 17.9 Å². The highest BCUT2D eigenvalue weighted by Gasteiger charge is 2.14. The number of carbonyl (C=O) groups is 1. The van der Waals surface area contributed by atoms with Crippen LogP contribution in [-0.2, 0) is 0 Å². The maximum Gasteiger partial charge on any atom is 0.198 e. The minimum Gasteiger partial charge on any atom is -0.362 e. The van der Waals surface area contributed by atoms with Gasteiger partial charge in [-0.05, 0) is 31.2 Å². The molecule has 1 heterocycles. The number of likely N-dealkylation sites (N-methyl/N-ethyl adjacent to an activating group) is 1. The molecule has 2 rings (SSSR count). The number of halogens is 1. The van der Waals surface area contributed by atoms with Crippen molar-refractivity contribution in [2.24, 2.45) is 0 Å². The van der Waals surface area contributed by atoms with E-state index in [2.05, 4.69) is 4.98 Å². The third-order valence-corrected chi connectivity index (χ3v) is 2.81. The van der Waals surface area contributed by atoms with Gasteiger partial charge in [-0.15, -0.1) is 0 Å². The van der Waals surface area contributed by atoms with Crippen LogP contribution in [0.1, 0.15) is 17.4 Å². The van der Waals surface area contributed by atoms with Gasteiger partial charge in [0.1, 0.15) is 5.82 Å². The summed E-state index contributed by atoms with van der Waals surface area (Å²) in [4.78, 5) is 16.5. The molecule has 94 valence electrons. The third kappa shape index (κ3) is 2.59. The van der Waals surface area contributed by atoms with E-state index in [0.29, 0.717) is 17.9 Å². The number of rotatable bonds is 5. The molecule has 0 saturated carbocycles. The molecule has 0 saturated heterocycles. The molecule has 0 aliphatic carbocycles. The fraction of sp³-hybridized carbons (Fsp3) is 0.214. The minimum atomic E-state index is -0.307. The summed E-state index contributed by atoms with van der Waals surface area (Å²) < 4.78 is 13.7. The first kappa shape index (κ1) is 12.4. The number of aromatic amines is 1. The molecule has 0 unspecified atom stereocenters. The average Bonchev–Trinajstić information content (AvgIpc) is 2.90. The average molecular weight is 246 g/mol. The van der Waals surface area contributed by atoms with E-state index in [1.807, 2.05) is 6.92 Å². The third-order valence-electron chi connectivity index (χ3n) is 2.81. The number of nitrogens with one attached hydrogen (secondary N) is 1. The smallest absolute Gasteiger partial charge is 0.198 e. The molecule has 1 aromatic carbocycles. The van der Waals surface area contributed by atoms with E-state index >= 15 is 0 Å². The van der Waals surface area contributed by atoms with Crippen LogP contribution in [0, 0.1) is 5.82 Å². The lowest BCUT2D eigenvalue weighted by atomic mass is 10.2. The largest absolute Gasteiger partial charge is 0.362 e. The van der Waals surface area contributed by atoms with E-state index in [1.54, 1.807) is 41.4 Å². The van der Waals surface area contributed by atoms with Gasteiger partial charge in [0.15, 0.2) is 5.78 Å². The van der Waals surface area contributed by atoms with Crippen LogP contribution in [0.25, 0.3) is 0 Å². The highest BCUT2D eigenvalue weighted by molar-refractivity contribution is 5.97. The van der Waals surface area contributed by atoms with E-state index in [0.717, 1.165) is 0 Å². The van der Waals surface area contributed by atoms with Crippen LogP contribution in [0.5, 0.6) is 0 Å². The molecule has 0 aliphatic rings. The fourth-order valence-electron chi connectivity index (χ4n) is 1.84. The van der Waals surface area contributed by atoms with Crippen molar-refractivity contribution >= 4 is 11.5 Å². The molecule has 0 spiro atoms. The zero-order valence-electron chi connectivity index (χ0n) is 10.2. The molecule has 18 heavy (non-hydrogen) atoms. The lowest BCUT2D eigenvalue weighted by molar-refractivity contribution is 0.0995. The molecule has 0 atom stereocenters. The molecule has 0 bridgehead atoms. The normalized spacial score (nSPS) is 10.3. The Kier molecular flexibility index (Phi) is 3.77. The fourth-order valence-corrected chi connectivity index (χ4v) is 1.84. The predicted molar refractivity (Wildman–Crippen MR) is 69.4 cm³/mol. The van der Waals surface area contributed by atoms with Gasteiger partial charge in [-0.1, -0.05) is 12.1 Å². The first-order valence-electron chi connectivity index (χ1n) is 5.88. The van der Waals surface area contributed by atoms with E-state index in [4.69, 9.17) is 0 Å². The standard InChI is InChI=1S/C14H15FN2O/c1-2-17(13-8-4-3-6-11(13)15)10-14(18)12-7-5-9-16-12/h3-9,16H,2,10H2,1H3. The number of H-pyrrole nitrogens is 1. The summed E-state index contributed by atoms with van der Waals surface area (Å²) in [6, 6.07) is 9.97. The van der Waals surface area contributed by atoms with Gasteiger partial charge in [-0.3, -0.25) is 4.79 Å². The number of aromatic nitrogens is 1. The van der Waals surface area contributed by atoms with E-state index in [9.17, 15) is 9.18 Å². The van der Waals surface area contributed by atoms with E-state index in [1.165, 1.54) is 6.07 Å². The Labute approximate surface area is 105 Å². The summed E-state index contributed by atoms with van der Waals surface area (Å²) in [6.45, 7) is 2.64. The van der Waals surface area contributed by atoms with Gasteiger partial charge in [0, 0.05) is 12.7 Å². The number of nitrogens with zero attached hydrogens (tertiary/aromatic N) is 1. The molecule has 3 nitrogen and oxygen atoms in total. The lowest BCUT2D eigenvalue weighted by Gasteiger charge is -2.22. The molecule has 0 radical (unpaired) electrons. The number of benzene rings is 1. The number of Topliss-reactive ketones (excluding diaryl/α,β-unsaturated/α-hetero) is 1. The summed E-state index contributed by atoms with van der Waals surface area (Å²) in [6.07, 6.45) is 1.70. The SMILES string of the molecule is CCN(CC(=O)c1ccc[nH]1)c1ccccc1F. The predicted octanol–water partition coefficient (Wildman–Crippen LogP) is 2.86. The lowest BCUT2D eigenvalue weighted by Crippen LogP contribution is -2.30. The number of para-hydroxylation sites is 1. The van der Waals surface area contributed by atoms with Crippen molar-refractivity contribution in [1.82, 2.24) is 4.98 Å². The molecular formula is C14H15FN2O. The van der Waals surface area contributed by atoms with Gasteiger partial charge in [0.25, 0.3) is 0 Å². The zero-order chi connectivity index (χ0) is 13.0. The highest BCUT2D eigenvalue weighted by Crippen LogP contribution is 2.18. The minimum absolute atomic E-state index is 0.0508. The summed E-state index contributed by atoms with van der Waals surface area (Å²) in [7, 11) is 0. The van der Waals surface area contributed by atoms with Crippen molar-refractivity contribution in [2.45, 2.75) is 6.92 Å². The topological polar surface area (TPSA) is 36.1 Å². The quantitative estimate of drug-likeness (QED) is 0.823. The Morgan fingerprint density at radius 2 is 2.06 bits per heavy atom. The Morgan fingerprint density at radius 1 is 1.28 bits per heavy atom. The van der Waals surface area contributed by atoms with Gasteiger partial charge >= 0.3 is 0 Å². The van der Waals surface area contributed by atoms with Crippen molar-refractivity contribution in [1.29, 1.82) is 0 Å². The summed E-state index contributed by atoms with van der Waals surface area (Å²) in [5.41, 5.74) is 1.00. The van der Waals surface area contributed by atoms with E-state index < -0.39 is 0 Å². The Balaban J connectivity index is 2.16. The highest BCUT2D eigenvalue weighted by atomic mass is 19.1. The van der Waals surface area contributed by atoms with E-state index in [-0.39, 0.29) is 18.1 Å². The number of ketones is 1. The second-order valence-electron chi connectivity index (χ2n) is 3.97. The Bertz CT molecular complexity index is 522. The number of carbonyl (C=O) groups excluding carboxylic acids is 1. The van der Waals surface area contributed by atoms with Crippen LogP contribution in [0.15, 0.2) is 42.6 Å². The second kappa shape index (κ2) is 5.49. The van der Waals surface area contributed by atoms with Crippen molar-refractivity contribution in [3.63, 3.8) is 0 Å². The van der Waals surface area contributed by atoms with Gasteiger partial charge in [-0.2, -0.15) is 0 Å². The van der Waals surface area contributed by atoms with Crippen molar-refractivity contribution < 1.29 is 9.18 Å². The van der Waals surface area contributed by atoms with Crippen LogP contribution >= 0.6 is 0 Å². The molecule has 2 aromatic rings. The Morgan fingerprint density at radius 3 is 2.67 bits per heavy atom. The summed E-state index contributed by atoms with van der Waals surface area (Å²) >= 11 is 0. The molecule has 0 aliphatic heterocycles. The number of hydrogen-bond acceptors (Lipinski definition) is 2. The van der Waals surface area contributed by atoms with Gasteiger partial charge in [0.2, 0.25) is 0 Å². The van der Waals surface area contributed by atoms with Crippen molar-refractivity contribution in [3.8, 4) is 0 Å². The summed E-state index contributed by atoms with van der Waals surface area (Å²) in [5, 5.41) is 0. The first-order valence-corrected chi connectivity index (χ1v) is 5.88. The van der Waals surface area contributed by atoms with Crippen LogP contribution in [0.4, 0.5) is 10.1 Å². The number of anilines is 1. The first-order chi connectivity index (χ1) is 8.72. The molecule has 4 heteroatoms. The maximum absolute atomic E-state index is 13.7. The van der Waals surface area contributed by atoms with Gasteiger partial charge < -0.3 is 9.88 Å². The monoisotopic (exact) mass is 246 g/mol. The van der Waals surface area contributed by atoms with Crippen LogP contribution < -0.4 is 4.90 Å². The second-order valence-corrected chi connectivity index (χ2v) is 3.97. The number of hydrogen-bond donors (Lipinski definition) is 1. The van der Waals surface area contributed by atoms with Crippen LogP contribution in [0.3, 0.4) is 0 Å². The van der Waals surface area contributed by atoms with Crippen LogP contribution in [-0.4, -0.2) is 23.9 Å². The van der Waals surface area contributed by atoms with Crippen LogP contribution in [0.2, 0.25) is 0 Å². The Hall–Kier alpha value is -2.10. The molecule has 0 amide bonds. The zero-order valence-corrected chi connectivity index (χ0v) is 10.2. The molecular weight excluding hydrogens is 231 g/mol. The molecule has 0 fully saturated rings. The molecule has 1 N–H and O–H groups in total. The maximum atomic E-state index is 13.7.